The number of hydrogen-bond acceptors (Lipinski definition) is 6. The van der Waals surface area contributed by atoms with Crippen molar-refractivity contribution >= 4 is 11.7 Å². The van der Waals surface area contributed by atoms with Crippen LogP contribution >= 0.6 is 0 Å². The summed E-state index contributed by atoms with van der Waals surface area (Å²) in [5.74, 6) is 5.42. The molecule has 3 N–H and O–H groups in total. The molecule has 1 aromatic heterocycles. The molecule has 1 aliphatic rings. The lowest BCUT2D eigenvalue weighted by molar-refractivity contribution is -0.0563. The summed E-state index contributed by atoms with van der Waals surface area (Å²) in [6.07, 6.45) is 1.17. The van der Waals surface area contributed by atoms with Gasteiger partial charge in [-0.05, 0) is 50.5 Å². The van der Waals surface area contributed by atoms with Crippen LogP contribution in [-0.2, 0) is 4.84 Å². The molecular formula is C25H28FN3O4. The van der Waals surface area contributed by atoms with Crippen molar-refractivity contribution < 1.29 is 24.2 Å². The number of phenolic OH excluding ortho intramolecular Hbond substituents is 2. The van der Waals surface area contributed by atoms with Gasteiger partial charge < -0.3 is 20.4 Å². The van der Waals surface area contributed by atoms with Crippen molar-refractivity contribution in [1.29, 1.82) is 0 Å². The number of phenols is 2. The highest BCUT2D eigenvalue weighted by Gasteiger charge is 2.27. The smallest absolute Gasteiger partial charge is 0.254 e. The van der Waals surface area contributed by atoms with E-state index in [1.807, 2.05) is 20.8 Å². The first-order chi connectivity index (χ1) is 15.5. The molecule has 0 saturated carbocycles. The van der Waals surface area contributed by atoms with E-state index in [9.17, 15) is 19.4 Å². The number of nitrogens with one attached hydrogen (secondary N) is 1. The Labute approximate surface area is 192 Å². The van der Waals surface area contributed by atoms with E-state index in [0.29, 0.717) is 35.5 Å². The maximum atomic E-state index is 13.0. The summed E-state index contributed by atoms with van der Waals surface area (Å²) in [6, 6.07) is 5.49. The highest BCUT2D eigenvalue weighted by molar-refractivity contribution is 5.94. The zero-order chi connectivity index (χ0) is 24.3. The number of amides is 1. The Kier molecular flexibility index (Phi) is 6.94. The summed E-state index contributed by atoms with van der Waals surface area (Å²) in [5, 5.41) is 25.2. The van der Waals surface area contributed by atoms with Gasteiger partial charge in [0.15, 0.2) is 5.76 Å². The summed E-state index contributed by atoms with van der Waals surface area (Å²) in [4.78, 5) is 21.9. The second kappa shape index (κ2) is 9.51. The van der Waals surface area contributed by atoms with Crippen molar-refractivity contribution in [3.8, 4) is 23.3 Å². The summed E-state index contributed by atoms with van der Waals surface area (Å²) < 4.78 is 13.0. The second-order valence-corrected chi connectivity index (χ2v) is 8.64. The topological polar surface area (TPSA) is 94.9 Å². The number of hydrogen-bond donors (Lipinski definition) is 3. The van der Waals surface area contributed by atoms with Crippen LogP contribution in [-0.4, -0.2) is 44.8 Å². The molecule has 2 aromatic rings. The van der Waals surface area contributed by atoms with E-state index >= 15 is 0 Å². The van der Waals surface area contributed by atoms with Crippen LogP contribution in [0.2, 0.25) is 0 Å². The van der Waals surface area contributed by atoms with Crippen LogP contribution in [0, 0.1) is 17.8 Å². The zero-order valence-corrected chi connectivity index (χ0v) is 19.4. The Morgan fingerprint density at radius 2 is 2.03 bits per heavy atom. The van der Waals surface area contributed by atoms with Crippen molar-refractivity contribution in [3.05, 3.63) is 58.7 Å². The molecule has 0 bridgehead atoms. The van der Waals surface area contributed by atoms with E-state index in [0.717, 1.165) is 6.07 Å². The van der Waals surface area contributed by atoms with Crippen LogP contribution in [0.3, 0.4) is 0 Å². The predicted octanol–water partition coefficient (Wildman–Crippen LogP) is 3.95. The minimum atomic E-state index is -0.913. The minimum Gasteiger partial charge on any atom is -0.508 e. The van der Waals surface area contributed by atoms with E-state index in [4.69, 9.17) is 4.84 Å². The van der Waals surface area contributed by atoms with E-state index in [-0.39, 0.29) is 23.0 Å². The van der Waals surface area contributed by atoms with Crippen LogP contribution in [0.5, 0.6) is 11.5 Å². The van der Waals surface area contributed by atoms with Gasteiger partial charge in [-0.3, -0.25) is 4.79 Å². The van der Waals surface area contributed by atoms with Crippen LogP contribution in [0.4, 0.5) is 4.39 Å². The molecule has 1 aliphatic heterocycles. The average Bonchev–Trinajstić information content (AvgIpc) is 3.15. The Balaban J connectivity index is 1.93. The molecule has 0 saturated heterocycles. The van der Waals surface area contributed by atoms with Crippen molar-refractivity contribution in [3.63, 3.8) is 0 Å². The van der Waals surface area contributed by atoms with Gasteiger partial charge in [-0.15, -0.1) is 5.06 Å². The number of hydroxylamine groups is 2. The maximum absolute atomic E-state index is 13.0. The Morgan fingerprint density at radius 3 is 2.64 bits per heavy atom. The van der Waals surface area contributed by atoms with Crippen molar-refractivity contribution in [2.75, 3.05) is 13.1 Å². The molecule has 0 fully saturated rings. The fourth-order valence-electron chi connectivity index (χ4n) is 3.32. The molecule has 0 radical (unpaired) electrons. The average molecular weight is 454 g/mol. The quantitative estimate of drug-likeness (QED) is 0.469. The third-order valence-corrected chi connectivity index (χ3v) is 5.13. The van der Waals surface area contributed by atoms with Gasteiger partial charge in [-0.1, -0.05) is 25.7 Å². The van der Waals surface area contributed by atoms with E-state index < -0.39 is 17.4 Å². The van der Waals surface area contributed by atoms with Crippen LogP contribution in [0.25, 0.3) is 5.76 Å². The number of benzene rings is 1. The third kappa shape index (κ3) is 5.62. The van der Waals surface area contributed by atoms with Gasteiger partial charge in [0, 0.05) is 18.8 Å². The van der Waals surface area contributed by atoms with Gasteiger partial charge in [-0.25, -0.2) is 4.98 Å². The minimum absolute atomic E-state index is 0.0176. The highest BCUT2D eigenvalue weighted by atomic mass is 19.1. The number of rotatable bonds is 5. The molecule has 3 rings (SSSR count). The Bertz CT molecular complexity index is 1140. The molecule has 8 heteroatoms. The molecule has 0 unspecified atom stereocenters. The number of aromatic nitrogens is 1. The molecule has 2 heterocycles. The molecule has 1 amide bonds. The first kappa shape index (κ1) is 24.1. The SMILES string of the molecule is CCN1CC(C#CC(C)(C)NC(=O)c2ccc(F)nc2)=C(c2cc(C(C)C)c(O)cc2O)O1. The van der Waals surface area contributed by atoms with Gasteiger partial charge in [0.2, 0.25) is 5.95 Å². The Hall–Kier alpha value is -3.57. The lowest BCUT2D eigenvalue weighted by Gasteiger charge is -2.19. The monoisotopic (exact) mass is 453 g/mol. The number of carbonyl (C=O) groups excluding carboxylic acids is 1. The molecule has 174 valence electrons. The highest BCUT2D eigenvalue weighted by Crippen LogP contribution is 2.39. The molecular weight excluding hydrogens is 425 g/mol. The fraction of sp³-hybridized carbons (Fsp3) is 0.360. The molecule has 0 aliphatic carbocycles. The molecule has 0 spiro atoms. The molecule has 33 heavy (non-hydrogen) atoms. The van der Waals surface area contributed by atoms with Gasteiger partial charge in [0.25, 0.3) is 5.91 Å². The van der Waals surface area contributed by atoms with Gasteiger partial charge in [-0.2, -0.15) is 4.39 Å². The summed E-state index contributed by atoms with van der Waals surface area (Å²) in [7, 11) is 0. The summed E-state index contributed by atoms with van der Waals surface area (Å²) >= 11 is 0. The zero-order valence-electron chi connectivity index (χ0n) is 19.4. The van der Waals surface area contributed by atoms with E-state index in [1.54, 1.807) is 25.0 Å². The summed E-state index contributed by atoms with van der Waals surface area (Å²) in [5.41, 5.74) is 1.07. The lowest BCUT2D eigenvalue weighted by atomic mass is 9.97. The number of pyridine rings is 1. The van der Waals surface area contributed by atoms with Crippen molar-refractivity contribution in [2.45, 2.75) is 46.1 Å². The molecule has 1 aromatic carbocycles. The van der Waals surface area contributed by atoms with Crippen molar-refractivity contribution in [1.82, 2.24) is 15.4 Å². The predicted molar refractivity (Wildman–Crippen MR) is 123 cm³/mol. The second-order valence-electron chi connectivity index (χ2n) is 8.64. The number of carbonyl (C=O) groups is 1. The standard InChI is InChI=1S/C25H28FN3O4/c1-6-29-14-17(23(33-29)19-11-18(15(2)3)20(30)12-21(19)31)9-10-25(4,5)28-24(32)16-7-8-22(26)27-13-16/h7-8,11-13,15,30-31H,6,14H2,1-5H3,(H,28,32). The first-order valence-electron chi connectivity index (χ1n) is 10.7. The van der Waals surface area contributed by atoms with Gasteiger partial charge in [0.05, 0.1) is 28.8 Å². The molecule has 0 atom stereocenters. The van der Waals surface area contributed by atoms with E-state index in [2.05, 4.69) is 22.1 Å². The molecule has 7 nitrogen and oxygen atoms in total. The Morgan fingerprint density at radius 1 is 1.30 bits per heavy atom. The van der Waals surface area contributed by atoms with Crippen LogP contribution in [0.15, 0.2) is 36.0 Å². The first-order valence-corrected chi connectivity index (χ1v) is 10.7. The van der Waals surface area contributed by atoms with Crippen LogP contribution < -0.4 is 5.32 Å². The summed E-state index contributed by atoms with van der Waals surface area (Å²) in [6.45, 7) is 10.3. The maximum Gasteiger partial charge on any atom is 0.254 e. The number of likely N-dealkylation sites (N-methyl/N-ethyl adjacent to an activating group) is 1. The van der Waals surface area contributed by atoms with Gasteiger partial charge in [0.1, 0.15) is 11.5 Å². The van der Waals surface area contributed by atoms with E-state index in [1.165, 1.54) is 18.3 Å². The van der Waals surface area contributed by atoms with Gasteiger partial charge >= 0.3 is 0 Å². The van der Waals surface area contributed by atoms with Crippen LogP contribution in [0.1, 0.15) is 62.0 Å². The number of nitrogens with zero attached hydrogens (tertiary/aromatic N) is 2. The number of aromatic hydroxyl groups is 2. The normalized spacial score (nSPS) is 14.2. The largest absolute Gasteiger partial charge is 0.508 e. The van der Waals surface area contributed by atoms with Crippen molar-refractivity contribution in [2.24, 2.45) is 0 Å². The number of halogens is 1. The fourth-order valence-corrected chi connectivity index (χ4v) is 3.32. The lowest BCUT2D eigenvalue weighted by Crippen LogP contribution is -2.42. The third-order valence-electron chi connectivity index (χ3n) is 5.13.